The number of hydrogen-bond acceptors (Lipinski definition) is 3. The highest BCUT2D eigenvalue weighted by atomic mass is 16.4. The second-order valence-corrected chi connectivity index (χ2v) is 4.66. The van der Waals surface area contributed by atoms with Gasteiger partial charge in [-0.25, -0.2) is 4.79 Å². The van der Waals surface area contributed by atoms with Crippen LogP contribution < -0.4 is 0 Å². The molecule has 104 valence electrons. The van der Waals surface area contributed by atoms with E-state index in [1.54, 1.807) is 54.6 Å². The van der Waals surface area contributed by atoms with E-state index in [4.69, 9.17) is 0 Å². The summed E-state index contributed by atoms with van der Waals surface area (Å²) in [5.41, 5.74) is 0.639. The minimum atomic E-state index is -1.15. The first-order valence-electron chi connectivity index (χ1n) is 6.36. The maximum absolute atomic E-state index is 11.7. The summed E-state index contributed by atoms with van der Waals surface area (Å²) in [6.07, 6.45) is 0. The number of hydrogen-bond donors (Lipinski definition) is 3. The standard InChI is InChI=1S/C17H12O4/c18-15-12-9-5-4-8-11(12)14(17(20)21)13(16(15)19)10-6-2-1-3-7-10/h1-9,18-19H,(H,20,21). The highest BCUT2D eigenvalue weighted by Crippen LogP contribution is 2.45. The average Bonchev–Trinajstić information content (AvgIpc) is 2.51. The minimum Gasteiger partial charge on any atom is -0.504 e. The topological polar surface area (TPSA) is 77.8 Å². The average molecular weight is 280 g/mol. The van der Waals surface area contributed by atoms with Crippen LogP contribution in [0.25, 0.3) is 21.9 Å². The number of fused-ring (bicyclic) bond motifs is 1. The van der Waals surface area contributed by atoms with Crippen molar-refractivity contribution in [3.8, 4) is 22.6 Å². The molecule has 0 aromatic heterocycles. The molecule has 3 aromatic rings. The Hall–Kier alpha value is -3.01. The lowest BCUT2D eigenvalue weighted by molar-refractivity contribution is 0.0699. The molecule has 21 heavy (non-hydrogen) atoms. The molecule has 0 radical (unpaired) electrons. The monoisotopic (exact) mass is 280 g/mol. The Morgan fingerprint density at radius 2 is 1.33 bits per heavy atom. The molecular weight excluding hydrogens is 268 g/mol. The molecule has 0 aliphatic carbocycles. The Labute approximate surface area is 120 Å². The molecule has 0 unspecified atom stereocenters. The Bertz CT molecular complexity index is 838. The number of carbonyl (C=O) groups is 1. The van der Waals surface area contributed by atoms with Gasteiger partial charge < -0.3 is 15.3 Å². The molecule has 0 saturated heterocycles. The SMILES string of the molecule is O=C(O)c1c(-c2ccccc2)c(O)c(O)c2ccccc12. The van der Waals surface area contributed by atoms with Crippen LogP contribution in [-0.2, 0) is 0 Å². The summed E-state index contributed by atoms with van der Waals surface area (Å²) in [4.78, 5) is 11.7. The van der Waals surface area contributed by atoms with E-state index in [1.165, 1.54) is 0 Å². The number of carboxylic acid groups (broad SMARTS) is 1. The van der Waals surface area contributed by atoms with E-state index in [2.05, 4.69) is 0 Å². The molecule has 4 heteroatoms. The van der Waals surface area contributed by atoms with Gasteiger partial charge in [0.15, 0.2) is 11.5 Å². The fraction of sp³-hybridized carbons (Fsp3) is 0. The maximum Gasteiger partial charge on any atom is 0.337 e. The van der Waals surface area contributed by atoms with Crippen molar-refractivity contribution in [1.82, 2.24) is 0 Å². The zero-order valence-corrected chi connectivity index (χ0v) is 10.9. The van der Waals surface area contributed by atoms with Crippen LogP contribution >= 0.6 is 0 Å². The van der Waals surface area contributed by atoms with Crippen molar-refractivity contribution in [3.63, 3.8) is 0 Å². The van der Waals surface area contributed by atoms with Crippen molar-refractivity contribution < 1.29 is 20.1 Å². The van der Waals surface area contributed by atoms with Crippen molar-refractivity contribution in [1.29, 1.82) is 0 Å². The Kier molecular flexibility index (Phi) is 2.99. The molecule has 0 spiro atoms. The third kappa shape index (κ3) is 1.97. The van der Waals surface area contributed by atoms with E-state index in [0.29, 0.717) is 16.3 Å². The number of rotatable bonds is 2. The smallest absolute Gasteiger partial charge is 0.337 e. The zero-order chi connectivity index (χ0) is 15.0. The Balaban J connectivity index is 2.52. The third-order valence-corrected chi connectivity index (χ3v) is 3.44. The fourth-order valence-corrected chi connectivity index (χ4v) is 2.51. The first kappa shape index (κ1) is 13.0. The summed E-state index contributed by atoms with van der Waals surface area (Å²) < 4.78 is 0. The van der Waals surface area contributed by atoms with Gasteiger partial charge in [0.2, 0.25) is 0 Å². The van der Waals surface area contributed by atoms with Crippen molar-refractivity contribution in [2.24, 2.45) is 0 Å². The number of benzene rings is 3. The van der Waals surface area contributed by atoms with Gasteiger partial charge in [0.05, 0.1) is 5.56 Å². The lowest BCUT2D eigenvalue weighted by Gasteiger charge is -2.14. The summed E-state index contributed by atoms with van der Waals surface area (Å²) in [7, 11) is 0. The number of phenolic OH excluding ortho intramolecular Hbond substituents is 2. The van der Waals surface area contributed by atoms with Crippen LogP contribution in [0.4, 0.5) is 0 Å². The first-order chi connectivity index (χ1) is 10.1. The Morgan fingerprint density at radius 3 is 1.95 bits per heavy atom. The van der Waals surface area contributed by atoms with Gasteiger partial charge in [0.25, 0.3) is 0 Å². The minimum absolute atomic E-state index is 0.0212. The van der Waals surface area contributed by atoms with Crippen LogP contribution in [0, 0.1) is 0 Å². The lowest BCUT2D eigenvalue weighted by Crippen LogP contribution is -2.02. The van der Waals surface area contributed by atoms with Gasteiger partial charge in [0.1, 0.15) is 0 Å². The van der Waals surface area contributed by atoms with Crippen LogP contribution in [0.15, 0.2) is 54.6 Å². The number of aromatic carboxylic acids is 1. The number of aromatic hydroxyl groups is 2. The van der Waals surface area contributed by atoms with Crippen LogP contribution in [0.2, 0.25) is 0 Å². The van der Waals surface area contributed by atoms with Gasteiger partial charge in [-0.05, 0) is 5.56 Å². The van der Waals surface area contributed by atoms with Crippen molar-refractivity contribution in [3.05, 3.63) is 60.2 Å². The highest BCUT2D eigenvalue weighted by Gasteiger charge is 2.23. The summed E-state index contributed by atoms with van der Waals surface area (Å²) in [6, 6.07) is 15.2. The van der Waals surface area contributed by atoms with Crippen LogP contribution in [-0.4, -0.2) is 21.3 Å². The first-order valence-corrected chi connectivity index (χ1v) is 6.36. The van der Waals surface area contributed by atoms with Gasteiger partial charge in [-0.2, -0.15) is 0 Å². The van der Waals surface area contributed by atoms with Gasteiger partial charge in [-0.1, -0.05) is 54.6 Å². The van der Waals surface area contributed by atoms with Gasteiger partial charge in [-0.3, -0.25) is 0 Å². The molecule has 0 heterocycles. The molecule has 0 aliphatic rings. The van der Waals surface area contributed by atoms with E-state index in [0.717, 1.165) is 0 Å². The van der Waals surface area contributed by atoms with E-state index in [-0.39, 0.29) is 16.9 Å². The van der Waals surface area contributed by atoms with E-state index < -0.39 is 11.7 Å². The second-order valence-electron chi connectivity index (χ2n) is 4.66. The summed E-state index contributed by atoms with van der Waals surface area (Å²) >= 11 is 0. The van der Waals surface area contributed by atoms with Crippen molar-refractivity contribution in [2.75, 3.05) is 0 Å². The van der Waals surface area contributed by atoms with E-state index >= 15 is 0 Å². The molecule has 3 N–H and O–H groups in total. The second kappa shape index (κ2) is 4.83. The Morgan fingerprint density at radius 1 is 0.762 bits per heavy atom. The summed E-state index contributed by atoms with van der Waals surface area (Å²) in [5, 5.41) is 30.7. The summed E-state index contributed by atoms with van der Waals surface area (Å²) in [6.45, 7) is 0. The molecular formula is C17H12O4. The highest BCUT2D eigenvalue weighted by molar-refractivity contribution is 6.13. The number of carboxylic acids is 1. The maximum atomic E-state index is 11.7. The molecule has 0 amide bonds. The van der Waals surface area contributed by atoms with E-state index in [1.807, 2.05) is 0 Å². The molecule has 0 saturated carbocycles. The van der Waals surface area contributed by atoms with Gasteiger partial charge >= 0.3 is 5.97 Å². The largest absolute Gasteiger partial charge is 0.504 e. The lowest BCUT2D eigenvalue weighted by atomic mass is 9.92. The molecule has 0 fully saturated rings. The van der Waals surface area contributed by atoms with Crippen LogP contribution in [0.1, 0.15) is 10.4 Å². The third-order valence-electron chi connectivity index (χ3n) is 3.44. The van der Waals surface area contributed by atoms with E-state index in [9.17, 15) is 20.1 Å². The number of phenols is 2. The molecule has 0 bridgehead atoms. The zero-order valence-electron chi connectivity index (χ0n) is 10.9. The predicted octanol–water partition coefficient (Wildman–Crippen LogP) is 3.62. The van der Waals surface area contributed by atoms with Crippen LogP contribution in [0.5, 0.6) is 11.5 Å². The predicted molar refractivity (Wildman–Crippen MR) is 79.7 cm³/mol. The molecule has 0 atom stereocenters. The molecule has 0 aliphatic heterocycles. The van der Waals surface area contributed by atoms with Gasteiger partial charge in [-0.15, -0.1) is 0 Å². The molecule has 3 rings (SSSR count). The summed E-state index contributed by atoms with van der Waals surface area (Å²) in [5.74, 6) is -1.88. The molecule has 3 aromatic carbocycles. The molecule has 4 nitrogen and oxygen atoms in total. The van der Waals surface area contributed by atoms with Crippen molar-refractivity contribution in [2.45, 2.75) is 0 Å². The fourth-order valence-electron chi connectivity index (χ4n) is 2.51. The van der Waals surface area contributed by atoms with Crippen LogP contribution in [0.3, 0.4) is 0 Å². The van der Waals surface area contributed by atoms with Gasteiger partial charge in [0, 0.05) is 16.3 Å². The normalized spacial score (nSPS) is 10.7. The van der Waals surface area contributed by atoms with Crippen molar-refractivity contribution >= 4 is 16.7 Å². The quantitative estimate of drug-likeness (QED) is 0.626.